The van der Waals surface area contributed by atoms with Crippen molar-refractivity contribution < 1.29 is 4.92 Å². The van der Waals surface area contributed by atoms with Crippen LogP contribution in [0.1, 0.15) is 39.0 Å². The monoisotopic (exact) mass is 305 g/mol. The fourth-order valence-electron chi connectivity index (χ4n) is 2.95. The minimum Gasteiger partial charge on any atom is -0.369 e. The van der Waals surface area contributed by atoms with Crippen LogP contribution in [0.3, 0.4) is 0 Å². The highest BCUT2D eigenvalue weighted by Gasteiger charge is 2.17. The van der Waals surface area contributed by atoms with E-state index in [-0.39, 0.29) is 10.6 Å². The Balaban J connectivity index is 1.71. The maximum absolute atomic E-state index is 10.7. The highest BCUT2D eigenvalue weighted by atomic mass is 16.6. The zero-order valence-corrected chi connectivity index (χ0v) is 13.5. The van der Waals surface area contributed by atoms with Gasteiger partial charge in [0.05, 0.1) is 4.92 Å². The summed E-state index contributed by atoms with van der Waals surface area (Å²) < 4.78 is 0. The van der Waals surface area contributed by atoms with Crippen LogP contribution in [0.2, 0.25) is 0 Å². The van der Waals surface area contributed by atoms with E-state index in [1.54, 1.807) is 12.1 Å². The molecule has 0 unspecified atom stereocenters. The summed E-state index contributed by atoms with van der Waals surface area (Å²) in [6.45, 7) is 7.64. The first-order valence-corrected chi connectivity index (χ1v) is 8.42. The summed E-state index contributed by atoms with van der Waals surface area (Å²) in [5.74, 6) is 0. The molecule has 122 valence electrons. The number of nitro benzene ring substituents is 1. The molecule has 1 fully saturated rings. The van der Waals surface area contributed by atoms with Gasteiger partial charge in [-0.05, 0) is 25.1 Å². The molecule has 1 aromatic carbocycles. The van der Waals surface area contributed by atoms with Gasteiger partial charge in [-0.25, -0.2) is 0 Å². The number of nitrogens with zero attached hydrogens (tertiary/aromatic N) is 3. The van der Waals surface area contributed by atoms with Crippen LogP contribution in [0.25, 0.3) is 0 Å². The van der Waals surface area contributed by atoms with Gasteiger partial charge < -0.3 is 4.90 Å². The average Bonchev–Trinajstić information content (AvgIpc) is 2.55. The third-order valence-corrected chi connectivity index (χ3v) is 4.38. The smallest absolute Gasteiger partial charge is 0.269 e. The van der Waals surface area contributed by atoms with Gasteiger partial charge in [-0.15, -0.1) is 0 Å². The summed E-state index contributed by atoms with van der Waals surface area (Å²) in [7, 11) is 0. The lowest BCUT2D eigenvalue weighted by molar-refractivity contribution is -0.384. The Morgan fingerprint density at radius 2 is 1.64 bits per heavy atom. The largest absolute Gasteiger partial charge is 0.369 e. The van der Waals surface area contributed by atoms with Gasteiger partial charge in [-0.1, -0.05) is 32.6 Å². The van der Waals surface area contributed by atoms with Crippen LogP contribution in [0.15, 0.2) is 24.3 Å². The lowest BCUT2D eigenvalue weighted by Crippen LogP contribution is -2.46. The molecule has 0 spiro atoms. The van der Waals surface area contributed by atoms with Crippen LogP contribution in [0, 0.1) is 10.1 Å². The molecule has 0 aromatic heterocycles. The fraction of sp³-hybridized carbons (Fsp3) is 0.647. The third-order valence-electron chi connectivity index (χ3n) is 4.38. The van der Waals surface area contributed by atoms with Gasteiger partial charge in [0.15, 0.2) is 0 Å². The fourth-order valence-corrected chi connectivity index (χ4v) is 2.95. The standard InChI is InChI=1S/C17H27N3O2/c1-2-3-4-5-6-11-18-12-14-19(15-13-18)16-7-9-17(10-8-16)20(21)22/h7-10H,2-6,11-15H2,1H3. The van der Waals surface area contributed by atoms with Crippen molar-refractivity contribution in [1.29, 1.82) is 0 Å². The van der Waals surface area contributed by atoms with E-state index < -0.39 is 0 Å². The Kier molecular flexibility index (Phi) is 6.65. The number of rotatable bonds is 8. The van der Waals surface area contributed by atoms with Crippen molar-refractivity contribution in [2.24, 2.45) is 0 Å². The van der Waals surface area contributed by atoms with Crippen molar-refractivity contribution in [2.45, 2.75) is 39.0 Å². The molecular weight excluding hydrogens is 278 g/mol. The average molecular weight is 305 g/mol. The molecule has 0 atom stereocenters. The van der Waals surface area contributed by atoms with E-state index in [1.807, 2.05) is 12.1 Å². The number of unbranched alkanes of at least 4 members (excludes halogenated alkanes) is 4. The number of hydrogen-bond donors (Lipinski definition) is 0. The van der Waals surface area contributed by atoms with E-state index in [4.69, 9.17) is 0 Å². The number of non-ortho nitro benzene ring substituents is 1. The molecule has 0 saturated carbocycles. The molecule has 0 radical (unpaired) electrons. The molecule has 1 heterocycles. The quantitative estimate of drug-likeness (QED) is 0.417. The molecule has 0 aliphatic carbocycles. The minimum absolute atomic E-state index is 0.162. The van der Waals surface area contributed by atoms with Crippen molar-refractivity contribution in [2.75, 3.05) is 37.6 Å². The summed E-state index contributed by atoms with van der Waals surface area (Å²) in [6, 6.07) is 6.90. The minimum atomic E-state index is -0.347. The predicted octanol–water partition coefficient (Wildman–Crippen LogP) is 3.69. The van der Waals surface area contributed by atoms with E-state index in [9.17, 15) is 10.1 Å². The van der Waals surface area contributed by atoms with Crippen molar-refractivity contribution in [1.82, 2.24) is 4.90 Å². The topological polar surface area (TPSA) is 49.6 Å². The molecule has 2 rings (SSSR count). The number of hydrogen-bond acceptors (Lipinski definition) is 4. The van der Waals surface area contributed by atoms with Gasteiger partial charge >= 0.3 is 0 Å². The Labute approximate surface area is 133 Å². The second kappa shape index (κ2) is 8.73. The lowest BCUT2D eigenvalue weighted by Gasteiger charge is -2.36. The first kappa shape index (κ1) is 16.7. The maximum atomic E-state index is 10.7. The molecular formula is C17H27N3O2. The van der Waals surface area contributed by atoms with Gasteiger partial charge in [0, 0.05) is 44.0 Å². The highest BCUT2D eigenvalue weighted by Crippen LogP contribution is 2.20. The molecule has 1 aromatic rings. The molecule has 0 N–H and O–H groups in total. The first-order chi connectivity index (χ1) is 10.7. The van der Waals surface area contributed by atoms with Gasteiger partial charge in [-0.3, -0.25) is 15.0 Å². The molecule has 1 aliphatic heterocycles. The molecule has 0 bridgehead atoms. The molecule has 1 aliphatic rings. The van der Waals surface area contributed by atoms with Crippen LogP contribution in [0.5, 0.6) is 0 Å². The van der Waals surface area contributed by atoms with Crippen LogP contribution in [-0.4, -0.2) is 42.5 Å². The van der Waals surface area contributed by atoms with Crippen LogP contribution >= 0.6 is 0 Å². The van der Waals surface area contributed by atoms with E-state index in [1.165, 1.54) is 38.6 Å². The number of anilines is 1. The van der Waals surface area contributed by atoms with Crippen molar-refractivity contribution in [3.05, 3.63) is 34.4 Å². The number of piperazine rings is 1. The second-order valence-electron chi connectivity index (χ2n) is 6.02. The summed E-state index contributed by atoms with van der Waals surface area (Å²) in [5.41, 5.74) is 1.25. The zero-order valence-electron chi connectivity index (χ0n) is 13.5. The first-order valence-electron chi connectivity index (χ1n) is 8.42. The second-order valence-corrected chi connectivity index (χ2v) is 6.02. The lowest BCUT2D eigenvalue weighted by atomic mass is 10.1. The van der Waals surface area contributed by atoms with Crippen molar-refractivity contribution in [3.8, 4) is 0 Å². The van der Waals surface area contributed by atoms with Gasteiger partial charge in [0.25, 0.3) is 5.69 Å². The Morgan fingerprint density at radius 1 is 1.00 bits per heavy atom. The van der Waals surface area contributed by atoms with Gasteiger partial charge in [0.2, 0.25) is 0 Å². The third kappa shape index (κ3) is 4.98. The van der Waals surface area contributed by atoms with E-state index >= 15 is 0 Å². The molecule has 1 saturated heterocycles. The van der Waals surface area contributed by atoms with Gasteiger partial charge in [-0.2, -0.15) is 0 Å². The van der Waals surface area contributed by atoms with E-state index in [0.29, 0.717) is 0 Å². The van der Waals surface area contributed by atoms with E-state index in [0.717, 1.165) is 31.9 Å². The van der Waals surface area contributed by atoms with Crippen molar-refractivity contribution in [3.63, 3.8) is 0 Å². The maximum Gasteiger partial charge on any atom is 0.269 e. The summed E-state index contributed by atoms with van der Waals surface area (Å²) >= 11 is 0. The highest BCUT2D eigenvalue weighted by molar-refractivity contribution is 5.51. The van der Waals surface area contributed by atoms with Gasteiger partial charge in [0.1, 0.15) is 0 Å². The van der Waals surface area contributed by atoms with Crippen LogP contribution < -0.4 is 4.90 Å². The summed E-state index contributed by atoms with van der Waals surface area (Å²) in [6.07, 6.45) is 6.66. The van der Waals surface area contributed by atoms with E-state index in [2.05, 4.69) is 16.7 Å². The van der Waals surface area contributed by atoms with Crippen LogP contribution in [0.4, 0.5) is 11.4 Å². The Hall–Kier alpha value is -1.62. The summed E-state index contributed by atoms with van der Waals surface area (Å²) in [4.78, 5) is 15.2. The molecule has 0 amide bonds. The summed E-state index contributed by atoms with van der Waals surface area (Å²) in [5, 5.41) is 10.7. The normalized spacial score (nSPS) is 16.0. The Morgan fingerprint density at radius 3 is 2.23 bits per heavy atom. The zero-order chi connectivity index (χ0) is 15.8. The molecule has 5 nitrogen and oxygen atoms in total. The molecule has 5 heteroatoms. The molecule has 22 heavy (non-hydrogen) atoms. The Bertz CT molecular complexity index is 453. The number of benzene rings is 1. The SMILES string of the molecule is CCCCCCCN1CCN(c2ccc([N+](=O)[O-])cc2)CC1. The van der Waals surface area contributed by atoms with Crippen molar-refractivity contribution >= 4 is 11.4 Å². The predicted molar refractivity (Wildman–Crippen MR) is 90.5 cm³/mol. The van der Waals surface area contributed by atoms with Crippen LogP contribution in [-0.2, 0) is 0 Å². The number of nitro groups is 1.